The highest BCUT2D eigenvalue weighted by Crippen LogP contribution is 2.17. The Hall–Kier alpha value is -1.07. The van der Waals surface area contributed by atoms with Crippen molar-refractivity contribution in [2.24, 2.45) is 0 Å². The molecule has 1 aromatic heterocycles. The van der Waals surface area contributed by atoms with Gasteiger partial charge in [-0.3, -0.25) is 4.79 Å². The number of rotatable bonds is 6. The van der Waals surface area contributed by atoms with Crippen molar-refractivity contribution in [1.82, 2.24) is 9.88 Å². The van der Waals surface area contributed by atoms with Gasteiger partial charge in [-0.15, -0.1) is 11.8 Å². The molecule has 0 fully saturated rings. The van der Waals surface area contributed by atoms with Crippen LogP contribution in [0.15, 0.2) is 23.4 Å². The number of amides is 1. The summed E-state index contributed by atoms with van der Waals surface area (Å²) in [6.45, 7) is 8.25. The predicted octanol–water partition coefficient (Wildman–Crippen LogP) is 2.43. The lowest BCUT2D eigenvalue weighted by Crippen LogP contribution is -2.42. The van der Waals surface area contributed by atoms with Crippen molar-refractivity contribution >= 4 is 17.7 Å². The lowest BCUT2D eigenvalue weighted by Gasteiger charge is -2.28. The van der Waals surface area contributed by atoms with Gasteiger partial charge in [-0.05, 0) is 38.7 Å². The molecule has 1 heterocycles. The molecule has 1 aromatic rings. The zero-order valence-electron chi connectivity index (χ0n) is 12.0. The maximum atomic E-state index is 12.4. The van der Waals surface area contributed by atoms with E-state index in [9.17, 15) is 9.90 Å². The lowest BCUT2D eigenvalue weighted by molar-refractivity contribution is 0.0314. The van der Waals surface area contributed by atoms with Gasteiger partial charge in [0.2, 0.25) is 0 Å². The van der Waals surface area contributed by atoms with Crippen LogP contribution in [0.3, 0.4) is 0 Å². The Morgan fingerprint density at radius 3 is 2.68 bits per heavy atom. The molecule has 0 aliphatic heterocycles. The standard InChI is InChI=1S/C14H22N2O2S/c1-5-16(10-14(3,4)18)13(17)11-7-8-15-12(9-11)19-6-2/h7-9,18H,5-6,10H2,1-4H3. The van der Waals surface area contributed by atoms with E-state index in [0.29, 0.717) is 18.7 Å². The summed E-state index contributed by atoms with van der Waals surface area (Å²) in [5, 5.41) is 10.7. The quantitative estimate of drug-likeness (QED) is 0.814. The van der Waals surface area contributed by atoms with Gasteiger partial charge in [0.25, 0.3) is 5.91 Å². The Bertz CT molecular complexity index is 430. The third kappa shape index (κ3) is 5.20. The van der Waals surface area contributed by atoms with Crippen molar-refractivity contribution in [2.45, 2.75) is 38.3 Å². The fraction of sp³-hybridized carbons (Fsp3) is 0.571. The minimum absolute atomic E-state index is 0.0648. The Balaban J connectivity index is 2.88. The Morgan fingerprint density at radius 1 is 1.47 bits per heavy atom. The maximum absolute atomic E-state index is 12.4. The topological polar surface area (TPSA) is 53.4 Å². The number of carbonyl (C=O) groups is 1. The molecule has 1 rings (SSSR count). The number of aromatic nitrogens is 1. The molecule has 0 unspecified atom stereocenters. The molecule has 0 radical (unpaired) electrons. The average Bonchev–Trinajstić information content (AvgIpc) is 2.35. The van der Waals surface area contributed by atoms with Gasteiger partial charge in [0.1, 0.15) is 0 Å². The van der Waals surface area contributed by atoms with Crippen LogP contribution in [-0.2, 0) is 0 Å². The zero-order valence-corrected chi connectivity index (χ0v) is 12.8. The highest BCUT2D eigenvalue weighted by Gasteiger charge is 2.22. The maximum Gasteiger partial charge on any atom is 0.254 e. The summed E-state index contributed by atoms with van der Waals surface area (Å²) in [4.78, 5) is 18.3. The van der Waals surface area contributed by atoms with Gasteiger partial charge in [-0.25, -0.2) is 4.98 Å². The second-order valence-corrected chi connectivity index (χ2v) is 6.23. The molecule has 0 aromatic carbocycles. The van der Waals surface area contributed by atoms with E-state index in [1.807, 2.05) is 19.9 Å². The number of hydrogen-bond acceptors (Lipinski definition) is 4. The van der Waals surface area contributed by atoms with Gasteiger partial charge < -0.3 is 10.0 Å². The van der Waals surface area contributed by atoms with E-state index >= 15 is 0 Å². The molecule has 1 N–H and O–H groups in total. The van der Waals surface area contributed by atoms with Crippen molar-refractivity contribution in [3.63, 3.8) is 0 Å². The molecule has 5 heteroatoms. The van der Waals surface area contributed by atoms with E-state index in [0.717, 1.165) is 10.8 Å². The SMILES string of the molecule is CCSc1cc(C(=O)N(CC)CC(C)(C)O)ccn1. The fourth-order valence-electron chi connectivity index (χ4n) is 1.75. The summed E-state index contributed by atoms with van der Waals surface area (Å²) < 4.78 is 0. The molecule has 0 spiro atoms. The van der Waals surface area contributed by atoms with Crippen LogP contribution in [0, 0.1) is 0 Å². The second-order valence-electron chi connectivity index (χ2n) is 4.95. The van der Waals surface area contributed by atoms with Gasteiger partial charge in [0.05, 0.1) is 10.6 Å². The summed E-state index contributed by atoms with van der Waals surface area (Å²) in [6, 6.07) is 3.53. The summed E-state index contributed by atoms with van der Waals surface area (Å²) in [5.74, 6) is 0.858. The second kappa shape index (κ2) is 6.91. The first-order valence-corrected chi connectivity index (χ1v) is 7.46. The predicted molar refractivity (Wildman–Crippen MR) is 78.5 cm³/mol. The first-order valence-electron chi connectivity index (χ1n) is 6.48. The van der Waals surface area contributed by atoms with Crippen LogP contribution in [0.25, 0.3) is 0 Å². The van der Waals surface area contributed by atoms with Gasteiger partial charge in [-0.2, -0.15) is 0 Å². The molecule has 0 bridgehead atoms. The van der Waals surface area contributed by atoms with Gasteiger partial charge in [-0.1, -0.05) is 6.92 Å². The Labute approximate surface area is 119 Å². The number of aliphatic hydroxyl groups is 1. The van der Waals surface area contributed by atoms with Gasteiger partial charge in [0, 0.05) is 24.8 Å². The summed E-state index contributed by atoms with van der Waals surface area (Å²) in [6.07, 6.45) is 1.66. The van der Waals surface area contributed by atoms with E-state index in [2.05, 4.69) is 4.98 Å². The van der Waals surface area contributed by atoms with Crippen LogP contribution in [0.1, 0.15) is 38.1 Å². The highest BCUT2D eigenvalue weighted by molar-refractivity contribution is 7.99. The van der Waals surface area contributed by atoms with Crippen LogP contribution >= 0.6 is 11.8 Å². The van der Waals surface area contributed by atoms with Crippen molar-refractivity contribution in [3.8, 4) is 0 Å². The lowest BCUT2D eigenvalue weighted by atomic mass is 10.1. The number of carbonyl (C=O) groups excluding carboxylic acids is 1. The van der Waals surface area contributed by atoms with Crippen LogP contribution in [0.4, 0.5) is 0 Å². The number of likely N-dealkylation sites (N-methyl/N-ethyl adjacent to an activating group) is 1. The van der Waals surface area contributed by atoms with Gasteiger partial charge >= 0.3 is 0 Å². The molecular formula is C14H22N2O2S. The van der Waals surface area contributed by atoms with Crippen molar-refractivity contribution in [1.29, 1.82) is 0 Å². The smallest absolute Gasteiger partial charge is 0.254 e. The molecule has 0 aliphatic rings. The summed E-state index contributed by atoms with van der Waals surface area (Å²) in [5.41, 5.74) is -0.267. The Morgan fingerprint density at radius 2 is 2.16 bits per heavy atom. The van der Waals surface area contributed by atoms with E-state index in [1.165, 1.54) is 0 Å². The molecule has 1 amide bonds. The molecular weight excluding hydrogens is 260 g/mol. The third-order valence-corrected chi connectivity index (χ3v) is 3.33. The van der Waals surface area contributed by atoms with E-state index in [-0.39, 0.29) is 5.91 Å². The van der Waals surface area contributed by atoms with Gasteiger partial charge in [0.15, 0.2) is 0 Å². The van der Waals surface area contributed by atoms with Crippen LogP contribution in [-0.4, -0.2) is 45.3 Å². The Kier molecular flexibility index (Phi) is 5.82. The first-order chi connectivity index (χ1) is 8.87. The summed E-state index contributed by atoms with van der Waals surface area (Å²) >= 11 is 1.61. The first kappa shape index (κ1) is 16.0. The minimum atomic E-state index is -0.889. The number of thioether (sulfide) groups is 1. The van der Waals surface area contributed by atoms with Crippen molar-refractivity contribution < 1.29 is 9.90 Å². The number of pyridine rings is 1. The van der Waals surface area contributed by atoms with E-state index < -0.39 is 5.60 Å². The highest BCUT2D eigenvalue weighted by atomic mass is 32.2. The van der Waals surface area contributed by atoms with Crippen LogP contribution in [0.5, 0.6) is 0 Å². The van der Waals surface area contributed by atoms with E-state index in [1.54, 1.807) is 42.8 Å². The molecule has 0 saturated carbocycles. The van der Waals surface area contributed by atoms with Crippen molar-refractivity contribution in [2.75, 3.05) is 18.8 Å². The number of nitrogens with zero attached hydrogens (tertiary/aromatic N) is 2. The molecule has 0 aliphatic carbocycles. The van der Waals surface area contributed by atoms with Crippen molar-refractivity contribution in [3.05, 3.63) is 23.9 Å². The van der Waals surface area contributed by atoms with Crippen LogP contribution in [0.2, 0.25) is 0 Å². The average molecular weight is 282 g/mol. The largest absolute Gasteiger partial charge is 0.389 e. The summed E-state index contributed by atoms with van der Waals surface area (Å²) in [7, 11) is 0. The third-order valence-electron chi connectivity index (χ3n) is 2.52. The van der Waals surface area contributed by atoms with Crippen LogP contribution < -0.4 is 0 Å². The normalized spacial score (nSPS) is 11.4. The monoisotopic (exact) mass is 282 g/mol. The molecule has 0 atom stereocenters. The molecule has 0 saturated heterocycles. The molecule has 19 heavy (non-hydrogen) atoms. The molecule has 106 valence electrons. The fourth-order valence-corrected chi connectivity index (χ4v) is 2.39. The minimum Gasteiger partial charge on any atom is -0.389 e. The zero-order chi connectivity index (χ0) is 14.5. The molecule has 4 nitrogen and oxygen atoms in total. The van der Waals surface area contributed by atoms with E-state index in [4.69, 9.17) is 0 Å². The number of hydrogen-bond donors (Lipinski definition) is 1.